The Labute approximate surface area is 159 Å². The summed E-state index contributed by atoms with van der Waals surface area (Å²) in [7, 11) is 0. The maximum absolute atomic E-state index is 13.0. The van der Waals surface area contributed by atoms with Crippen LogP contribution in [0.15, 0.2) is 36.4 Å². The lowest BCUT2D eigenvalue weighted by molar-refractivity contribution is -0.128. The number of hydrogen-bond acceptors (Lipinski definition) is 3. The van der Waals surface area contributed by atoms with E-state index in [0.29, 0.717) is 17.5 Å². The van der Waals surface area contributed by atoms with E-state index in [-0.39, 0.29) is 23.9 Å². The van der Waals surface area contributed by atoms with Crippen LogP contribution in [0.2, 0.25) is 0 Å². The van der Waals surface area contributed by atoms with Gasteiger partial charge in [0.25, 0.3) is 5.91 Å². The van der Waals surface area contributed by atoms with Gasteiger partial charge in [0.2, 0.25) is 5.91 Å². The van der Waals surface area contributed by atoms with Crippen molar-refractivity contribution in [2.24, 2.45) is 11.8 Å². The molecular formula is C21H26N4O2. The van der Waals surface area contributed by atoms with E-state index in [2.05, 4.69) is 29.5 Å². The van der Waals surface area contributed by atoms with Crippen LogP contribution in [-0.4, -0.2) is 45.6 Å². The number of nitrogens with one attached hydrogen (secondary N) is 1. The lowest BCUT2D eigenvalue weighted by Crippen LogP contribution is -2.37. The van der Waals surface area contributed by atoms with Crippen molar-refractivity contribution in [3.8, 4) is 0 Å². The third-order valence-corrected chi connectivity index (χ3v) is 5.97. The van der Waals surface area contributed by atoms with Crippen LogP contribution in [0.3, 0.4) is 0 Å². The van der Waals surface area contributed by atoms with Crippen molar-refractivity contribution >= 4 is 11.8 Å². The van der Waals surface area contributed by atoms with Gasteiger partial charge in [-0.25, -0.2) is 0 Å². The van der Waals surface area contributed by atoms with E-state index in [4.69, 9.17) is 0 Å². The molecule has 3 unspecified atom stereocenters. The van der Waals surface area contributed by atoms with Gasteiger partial charge in [-0.3, -0.25) is 14.3 Å². The standard InChI is InChI=1S/C21H26N4O2/c1-4-16-10-19(25(23-16)13(2)15-8-6-5-7-9-15)21(27)22-20-17-11-24(14(3)26)12-18(17)20/h5-10,13,17-18,20H,4,11-12H2,1-3H3,(H,22,27). The molecule has 1 aromatic carbocycles. The summed E-state index contributed by atoms with van der Waals surface area (Å²) in [5.74, 6) is 0.839. The zero-order chi connectivity index (χ0) is 19.1. The maximum atomic E-state index is 13.0. The SMILES string of the molecule is CCc1cc(C(=O)NC2C3CN(C(C)=O)CC32)n(C(C)c2ccccc2)n1. The van der Waals surface area contributed by atoms with Crippen molar-refractivity contribution in [1.82, 2.24) is 20.0 Å². The molecule has 4 rings (SSSR count). The second-order valence-corrected chi connectivity index (χ2v) is 7.66. The summed E-state index contributed by atoms with van der Waals surface area (Å²) in [6.45, 7) is 7.22. The maximum Gasteiger partial charge on any atom is 0.269 e. The van der Waals surface area contributed by atoms with Gasteiger partial charge in [-0.2, -0.15) is 5.10 Å². The molecule has 1 saturated carbocycles. The van der Waals surface area contributed by atoms with E-state index >= 15 is 0 Å². The van der Waals surface area contributed by atoms with Crippen LogP contribution in [0.1, 0.15) is 48.6 Å². The topological polar surface area (TPSA) is 67.2 Å². The fraction of sp³-hybridized carbons (Fsp3) is 0.476. The Kier molecular flexibility index (Phi) is 4.50. The highest BCUT2D eigenvalue weighted by molar-refractivity contribution is 5.93. The minimum atomic E-state index is -0.0706. The van der Waals surface area contributed by atoms with Crippen molar-refractivity contribution in [2.75, 3.05) is 13.1 Å². The molecule has 1 aliphatic heterocycles. The largest absolute Gasteiger partial charge is 0.347 e. The molecule has 0 spiro atoms. The van der Waals surface area contributed by atoms with Crippen molar-refractivity contribution in [3.63, 3.8) is 0 Å². The van der Waals surface area contributed by atoms with Gasteiger partial charge < -0.3 is 10.2 Å². The molecule has 2 aliphatic rings. The number of amides is 2. The average Bonchev–Trinajstić information content (AvgIpc) is 3.08. The molecule has 0 radical (unpaired) electrons. The first-order valence-electron chi connectivity index (χ1n) is 9.69. The Balaban J connectivity index is 1.50. The molecule has 0 bridgehead atoms. The van der Waals surface area contributed by atoms with Gasteiger partial charge in [-0.15, -0.1) is 0 Å². The van der Waals surface area contributed by atoms with Gasteiger partial charge in [0.05, 0.1) is 11.7 Å². The van der Waals surface area contributed by atoms with Crippen molar-refractivity contribution < 1.29 is 9.59 Å². The second kappa shape index (κ2) is 6.83. The quantitative estimate of drug-likeness (QED) is 0.883. The first kappa shape index (κ1) is 17.8. The normalized spacial score (nSPS) is 24.4. The third kappa shape index (κ3) is 3.24. The number of rotatable bonds is 5. The van der Waals surface area contributed by atoms with E-state index in [1.807, 2.05) is 40.8 Å². The van der Waals surface area contributed by atoms with Crippen LogP contribution >= 0.6 is 0 Å². The summed E-state index contributed by atoms with van der Waals surface area (Å²) >= 11 is 0. The van der Waals surface area contributed by atoms with Crippen LogP contribution in [0, 0.1) is 11.8 Å². The van der Waals surface area contributed by atoms with Gasteiger partial charge in [0, 0.05) is 37.9 Å². The molecule has 1 aliphatic carbocycles. The van der Waals surface area contributed by atoms with Crippen LogP contribution in [0.25, 0.3) is 0 Å². The molecule has 1 N–H and O–H groups in total. The monoisotopic (exact) mass is 366 g/mol. The molecule has 6 nitrogen and oxygen atoms in total. The van der Waals surface area contributed by atoms with Crippen LogP contribution in [0.5, 0.6) is 0 Å². The summed E-state index contributed by atoms with van der Waals surface area (Å²) in [6.07, 6.45) is 0.789. The van der Waals surface area contributed by atoms with Crippen molar-refractivity contribution in [2.45, 2.75) is 39.3 Å². The number of piperidine rings is 1. The van der Waals surface area contributed by atoms with E-state index in [1.54, 1.807) is 6.92 Å². The number of nitrogens with zero attached hydrogens (tertiary/aromatic N) is 3. The fourth-order valence-corrected chi connectivity index (χ4v) is 4.18. The van der Waals surface area contributed by atoms with E-state index in [9.17, 15) is 9.59 Å². The summed E-state index contributed by atoms with van der Waals surface area (Å²) in [4.78, 5) is 26.3. The number of benzene rings is 1. The predicted octanol–water partition coefficient (Wildman–Crippen LogP) is 2.26. The predicted molar refractivity (Wildman–Crippen MR) is 102 cm³/mol. The summed E-state index contributed by atoms with van der Waals surface area (Å²) in [5, 5.41) is 7.84. The minimum Gasteiger partial charge on any atom is -0.347 e. The first-order valence-corrected chi connectivity index (χ1v) is 9.69. The van der Waals surface area contributed by atoms with Gasteiger partial charge in [0.1, 0.15) is 5.69 Å². The number of aromatic nitrogens is 2. The van der Waals surface area contributed by atoms with Crippen molar-refractivity contribution in [3.05, 3.63) is 53.3 Å². The molecular weight excluding hydrogens is 340 g/mol. The number of likely N-dealkylation sites (tertiary alicyclic amines) is 1. The highest BCUT2D eigenvalue weighted by Gasteiger charge is 2.57. The lowest BCUT2D eigenvalue weighted by Gasteiger charge is -2.19. The molecule has 2 aromatic rings. The molecule has 142 valence electrons. The van der Waals surface area contributed by atoms with Crippen LogP contribution < -0.4 is 5.32 Å². The third-order valence-electron chi connectivity index (χ3n) is 5.97. The van der Waals surface area contributed by atoms with Gasteiger partial charge in [-0.05, 0) is 25.0 Å². The smallest absolute Gasteiger partial charge is 0.269 e. The van der Waals surface area contributed by atoms with E-state index in [0.717, 1.165) is 30.8 Å². The zero-order valence-electron chi connectivity index (χ0n) is 16.1. The van der Waals surface area contributed by atoms with Crippen LogP contribution in [0.4, 0.5) is 0 Å². The molecule has 1 saturated heterocycles. The minimum absolute atomic E-state index is 0.0147. The molecule has 3 atom stereocenters. The first-order chi connectivity index (χ1) is 13.0. The molecule has 2 fully saturated rings. The Hall–Kier alpha value is -2.63. The Morgan fingerprint density at radius 3 is 2.48 bits per heavy atom. The number of carbonyl (C=O) groups excluding carboxylic acids is 2. The van der Waals surface area contributed by atoms with Gasteiger partial charge in [-0.1, -0.05) is 37.3 Å². The highest BCUT2D eigenvalue weighted by atomic mass is 16.2. The summed E-state index contributed by atoms with van der Waals surface area (Å²) in [5.41, 5.74) is 2.65. The summed E-state index contributed by atoms with van der Waals surface area (Å²) in [6, 6.07) is 12.2. The van der Waals surface area contributed by atoms with E-state index in [1.165, 1.54) is 0 Å². The Bertz CT molecular complexity index is 848. The van der Waals surface area contributed by atoms with Crippen molar-refractivity contribution in [1.29, 1.82) is 0 Å². The molecule has 2 heterocycles. The van der Waals surface area contributed by atoms with Crippen LogP contribution in [-0.2, 0) is 11.2 Å². The molecule has 6 heteroatoms. The number of carbonyl (C=O) groups is 2. The number of aryl methyl sites for hydroxylation is 1. The van der Waals surface area contributed by atoms with Gasteiger partial charge >= 0.3 is 0 Å². The number of hydrogen-bond donors (Lipinski definition) is 1. The van der Waals surface area contributed by atoms with E-state index < -0.39 is 0 Å². The highest BCUT2D eigenvalue weighted by Crippen LogP contribution is 2.45. The number of fused-ring (bicyclic) bond motifs is 1. The fourth-order valence-electron chi connectivity index (χ4n) is 4.18. The molecule has 27 heavy (non-hydrogen) atoms. The lowest BCUT2D eigenvalue weighted by atomic mass is 10.1. The molecule has 1 aromatic heterocycles. The Morgan fingerprint density at radius 1 is 1.22 bits per heavy atom. The average molecular weight is 366 g/mol. The second-order valence-electron chi connectivity index (χ2n) is 7.66. The Morgan fingerprint density at radius 2 is 1.89 bits per heavy atom. The molecule has 2 amide bonds. The zero-order valence-corrected chi connectivity index (χ0v) is 16.1. The summed E-state index contributed by atoms with van der Waals surface area (Å²) < 4.78 is 1.84. The van der Waals surface area contributed by atoms with Gasteiger partial charge in [0.15, 0.2) is 0 Å².